The minimum absolute atomic E-state index is 0.537. The van der Waals surface area contributed by atoms with Crippen molar-refractivity contribution in [3.05, 3.63) is 35.5 Å². The molecule has 3 rings (SSSR count). The van der Waals surface area contributed by atoms with E-state index in [4.69, 9.17) is 22.1 Å². The van der Waals surface area contributed by atoms with E-state index < -0.39 is 0 Å². The fourth-order valence-corrected chi connectivity index (χ4v) is 2.65. The van der Waals surface area contributed by atoms with E-state index in [1.54, 1.807) is 6.20 Å². The average Bonchev–Trinajstić information content (AvgIpc) is 3.34. The van der Waals surface area contributed by atoms with Crippen molar-refractivity contribution in [3.8, 4) is 17.0 Å². The van der Waals surface area contributed by atoms with Gasteiger partial charge in [-0.15, -0.1) is 0 Å². The lowest BCUT2D eigenvalue weighted by Crippen LogP contribution is -2.06. The van der Waals surface area contributed by atoms with E-state index in [9.17, 15) is 0 Å². The maximum Gasteiger partial charge on any atom is 0.221 e. The number of ether oxygens (including phenoxy) is 1. The zero-order valence-electron chi connectivity index (χ0n) is 12.6. The number of hydrogen-bond acceptors (Lipinski definition) is 4. The van der Waals surface area contributed by atoms with Crippen LogP contribution in [0.25, 0.3) is 11.1 Å². The third-order valence-corrected chi connectivity index (χ3v) is 4.21. The quantitative estimate of drug-likeness (QED) is 0.784. The van der Waals surface area contributed by atoms with Crippen molar-refractivity contribution in [3.63, 3.8) is 0 Å². The summed E-state index contributed by atoms with van der Waals surface area (Å²) >= 11 is 6.49. The zero-order valence-corrected chi connectivity index (χ0v) is 13.4. The van der Waals surface area contributed by atoms with E-state index in [1.807, 2.05) is 31.2 Å². The number of pyridine rings is 1. The van der Waals surface area contributed by atoms with E-state index >= 15 is 0 Å². The van der Waals surface area contributed by atoms with Crippen LogP contribution >= 0.6 is 11.6 Å². The number of anilines is 2. The Balaban J connectivity index is 1.92. The topological polar surface area (TPSA) is 60.2 Å². The van der Waals surface area contributed by atoms with Crippen LogP contribution in [0.1, 0.15) is 19.8 Å². The highest BCUT2D eigenvalue weighted by atomic mass is 35.5. The van der Waals surface area contributed by atoms with Crippen LogP contribution in [0.2, 0.25) is 5.02 Å². The van der Waals surface area contributed by atoms with Gasteiger partial charge in [-0.2, -0.15) is 0 Å². The maximum absolute atomic E-state index is 6.49. The van der Waals surface area contributed by atoms with E-state index in [0.29, 0.717) is 23.2 Å². The Morgan fingerprint density at radius 3 is 2.86 bits per heavy atom. The Labute approximate surface area is 135 Å². The second-order valence-electron chi connectivity index (χ2n) is 5.50. The summed E-state index contributed by atoms with van der Waals surface area (Å²) in [7, 11) is 0. The van der Waals surface area contributed by atoms with Gasteiger partial charge in [-0.25, -0.2) is 4.98 Å². The fraction of sp³-hybridized carbons (Fsp3) is 0.353. The Bertz CT molecular complexity index is 671. The molecule has 0 spiro atoms. The maximum atomic E-state index is 6.49. The summed E-state index contributed by atoms with van der Waals surface area (Å²) in [4.78, 5) is 4.27. The monoisotopic (exact) mass is 317 g/mol. The first-order valence-corrected chi connectivity index (χ1v) is 7.98. The Hall–Kier alpha value is -1.94. The van der Waals surface area contributed by atoms with Gasteiger partial charge in [-0.3, -0.25) is 0 Å². The van der Waals surface area contributed by atoms with Crippen molar-refractivity contribution in [2.24, 2.45) is 5.92 Å². The zero-order chi connectivity index (χ0) is 15.5. The van der Waals surface area contributed by atoms with Crippen molar-refractivity contribution in [2.45, 2.75) is 19.8 Å². The fourth-order valence-electron chi connectivity index (χ4n) is 2.38. The molecule has 5 heteroatoms. The third-order valence-electron chi connectivity index (χ3n) is 3.80. The number of nitrogens with one attached hydrogen (secondary N) is 1. The van der Waals surface area contributed by atoms with E-state index in [2.05, 4.69) is 10.3 Å². The number of hydrogen-bond donors (Lipinski definition) is 2. The third kappa shape index (κ3) is 3.12. The van der Waals surface area contributed by atoms with Gasteiger partial charge in [-0.05, 0) is 43.9 Å². The minimum Gasteiger partial charge on any atom is -0.478 e. The molecule has 1 aromatic carbocycles. The van der Waals surface area contributed by atoms with Crippen LogP contribution in [0.3, 0.4) is 0 Å². The second-order valence-corrected chi connectivity index (χ2v) is 5.88. The lowest BCUT2D eigenvalue weighted by Gasteiger charge is -2.15. The first kappa shape index (κ1) is 15.0. The van der Waals surface area contributed by atoms with E-state index in [-0.39, 0.29) is 0 Å². The number of aromatic nitrogens is 1. The first-order chi connectivity index (χ1) is 10.7. The molecule has 2 aromatic rings. The van der Waals surface area contributed by atoms with Crippen LogP contribution in [0, 0.1) is 5.92 Å². The number of nitrogens with two attached hydrogens (primary N) is 1. The standard InChI is InChI=1S/C17H20ClN3O/c1-2-22-17-13(4-3-9-20-17)12-7-8-14(16(19)15(12)18)21-10-11-5-6-11/h3-4,7-9,11,21H,2,5-6,10,19H2,1H3. The Morgan fingerprint density at radius 2 is 2.14 bits per heavy atom. The molecule has 116 valence electrons. The highest BCUT2D eigenvalue weighted by Gasteiger charge is 2.21. The summed E-state index contributed by atoms with van der Waals surface area (Å²) < 4.78 is 5.58. The van der Waals surface area contributed by atoms with E-state index in [1.165, 1.54) is 12.8 Å². The molecule has 3 N–H and O–H groups in total. The largest absolute Gasteiger partial charge is 0.478 e. The Morgan fingerprint density at radius 1 is 1.32 bits per heavy atom. The second kappa shape index (κ2) is 6.44. The molecule has 0 atom stereocenters. The number of nitrogens with zero attached hydrogens (tertiary/aromatic N) is 1. The summed E-state index contributed by atoms with van der Waals surface area (Å²) in [5.74, 6) is 1.35. The van der Waals surface area contributed by atoms with Crippen molar-refractivity contribution < 1.29 is 4.74 Å². The molecule has 1 aromatic heterocycles. The highest BCUT2D eigenvalue weighted by Crippen LogP contribution is 2.40. The molecule has 4 nitrogen and oxygen atoms in total. The molecule has 0 bridgehead atoms. The van der Waals surface area contributed by atoms with Crippen LogP contribution in [0.5, 0.6) is 5.88 Å². The normalized spacial score (nSPS) is 13.9. The molecule has 0 aliphatic heterocycles. The molecule has 0 amide bonds. The lowest BCUT2D eigenvalue weighted by atomic mass is 10.1. The molecule has 0 radical (unpaired) electrons. The number of halogens is 1. The molecule has 1 aliphatic carbocycles. The average molecular weight is 318 g/mol. The van der Waals surface area contributed by atoms with Crippen LogP contribution in [0.15, 0.2) is 30.5 Å². The van der Waals surface area contributed by atoms with Crippen molar-refractivity contribution in [1.82, 2.24) is 4.98 Å². The van der Waals surface area contributed by atoms with Gasteiger partial charge in [0.25, 0.3) is 0 Å². The molecule has 1 heterocycles. The minimum atomic E-state index is 0.537. The van der Waals surface area contributed by atoms with Crippen molar-refractivity contribution in [2.75, 3.05) is 24.2 Å². The van der Waals surface area contributed by atoms with Gasteiger partial charge in [0.05, 0.1) is 23.0 Å². The van der Waals surface area contributed by atoms with Crippen LogP contribution in [-0.4, -0.2) is 18.1 Å². The predicted octanol–water partition coefficient (Wildman–Crippen LogP) is 4.20. The van der Waals surface area contributed by atoms with Gasteiger partial charge >= 0.3 is 0 Å². The molecule has 1 aliphatic rings. The van der Waals surface area contributed by atoms with Gasteiger partial charge in [0.1, 0.15) is 0 Å². The Kier molecular flexibility index (Phi) is 4.39. The number of rotatable bonds is 6. The summed E-state index contributed by atoms with van der Waals surface area (Å²) in [6, 6.07) is 7.74. The summed E-state index contributed by atoms with van der Waals surface area (Å²) in [6.07, 6.45) is 4.30. The van der Waals surface area contributed by atoms with Gasteiger partial charge in [0, 0.05) is 23.9 Å². The smallest absolute Gasteiger partial charge is 0.221 e. The lowest BCUT2D eigenvalue weighted by molar-refractivity contribution is 0.328. The molecule has 1 fully saturated rings. The van der Waals surface area contributed by atoms with Gasteiger partial charge in [0.2, 0.25) is 5.88 Å². The van der Waals surface area contributed by atoms with Crippen LogP contribution in [0.4, 0.5) is 11.4 Å². The number of nitrogen functional groups attached to an aromatic ring is 1. The van der Waals surface area contributed by atoms with Crippen molar-refractivity contribution >= 4 is 23.0 Å². The van der Waals surface area contributed by atoms with Crippen molar-refractivity contribution in [1.29, 1.82) is 0 Å². The van der Waals surface area contributed by atoms with Gasteiger partial charge < -0.3 is 15.8 Å². The first-order valence-electron chi connectivity index (χ1n) is 7.60. The molecule has 0 unspecified atom stereocenters. The van der Waals surface area contributed by atoms with Crippen LogP contribution in [-0.2, 0) is 0 Å². The van der Waals surface area contributed by atoms with Gasteiger partial charge in [0.15, 0.2) is 0 Å². The van der Waals surface area contributed by atoms with Crippen LogP contribution < -0.4 is 15.8 Å². The molecule has 0 saturated heterocycles. The predicted molar refractivity (Wildman–Crippen MR) is 91.5 cm³/mol. The molecule has 22 heavy (non-hydrogen) atoms. The molecular weight excluding hydrogens is 298 g/mol. The molecule has 1 saturated carbocycles. The summed E-state index contributed by atoms with van der Waals surface area (Å²) in [5.41, 5.74) is 9.36. The highest BCUT2D eigenvalue weighted by molar-refractivity contribution is 6.36. The van der Waals surface area contributed by atoms with Gasteiger partial charge in [-0.1, -0.05) is 17.7 Å². The summed E-state index contributed by atoms with van der Waals surface area (Å²) in [6.45, 7) is 3.44. The summed E-state index contributed by atoms with van der Waals surface area (Å²) in [5, 5.41) is 3.91. The van der Waals surface area contributed by atoms with E-state index in [0.717, 1.165) is 29.3 Å². The number of benzene rings is 1. The SMILES string of the molecule is CCOc1ncccc1-c1ccc(NCC2CC2)c(N)c1Cl. The molecular formula is C17H20ClN3O.